The summed E-state index contributed by atoms with van der Waals surface area (Å²) in [4.78, 5) is 2.67. The Morgan fingerprint density at radius 1 is 1.18 bits per heavy atom. The van der Waals surface area contributed by atoms with E-state index in [2.05, 4.69) is 11.8 Å². The normalized spacial score (nSPS) is 26.5. The molecule has 0 amide bonds. The van der Waals surface area contributed by atoms with Crippen LogP contribution in [0.3, 0.4) is 0 Å². The van der Waals surface area contributed by atoms with E-state index in [9.17, 15) is 0 Å². The fraction of sp³-hybridized carbons (Fsp3) is 1.00. The van der Waals surface area contributed by atoms with Crippen molar-refractivity contribution in [3.05, 3.63) is 0 Å². The molecule has 1 saturated heterocycles. The highest BCUT2D eigenvalue weighted by atomic mass is 16.5. The van der Waals surface area contributed by atoms with Crippen LogP contribution in [0.1, 0.15) is 51.9 Å². The third-order valence-electron chi connectivity index (χ3n) is 4.54. The smallest absolute Gasteiger partial charge is 0.0635 e. The minimum absolute atomic E-state index is 0.203. The van der Waals surface area contributed by atoms with Crippen molar-refractivity contribution in [1.29, 1.82) is 0 Å². The molecule has 3 nitrogen and oxygen atoms in total. The van der Waals surface area contributed by atoms with E-state index >= 15 is 0 Å². The van der Waals surface area contributed by atoms with E-state index in [-0.39, 0.29) is 11.6 Å². The van der Waals surface area contributed by atoms with Crippen LogP contribution in [0.5, 0.6) is 0 Å². The van der Waals surface area contributed by atoms with Crippen LogP contribution < -0.4 is 5.73 Å². The minimum Gasteiger partial charge on any atom is -0.380 e. The highest BCUT2D eigenvalue weighted by molar-refractivity contribution is 5.03. The van der Waals surface area contributed by atoms with Crippen LogP contribution in [-0.4, -0.2) is 42.8 Å². The van der Waals surface area contributed by atoms with E-state index < -0.39 is 0 Å². The number of hydrogen-bond acceptors (Lipinski definition) is 3. The fourth-order valence-electron chi connectivity index (χ4n) is 3.58. The van der Waals surface area contributed by atoms with E-state index in [0.717, 1.165) is 19.6 Å². The zero-order chi connectivity index (χ0) is 12.1. The maximum Gasteiger partial charge on any atom is 0.0635 e. The molecule has 0 aromatic rings. The van der Waals surface area contributed by atoms with Crippen molar-refractivity contribution < 1.29 is 4.74 Å². The average molecular weight is 240 g/mol. The molecule has 100 valence electrons. The first-order valence-electron chi connectivity index (χ1n) is 7.38. The Kier molecular flexibility index (Phi) is 4.83. The average Bonchev–Trinajstić information content (AvgIpc) is 3.00. The van der Waals surface area contributed by atoms with Crippen LogP contribution in [-0.2, 0) is 4.74 Å². The number of nitrogens with zero attached hydrogens (tertiary/aromatic N) is 1. The zero-order valence-electron chi connectivity index (χ0n) is 11.3. The summed E-state index contributed by atoms with van der Waals surface area (Å²) < 4.78 is 5.69. The molecule has 0 aromatic heterocycles. The number of ether oxygens (including phenoxy) is 1. The van der Waals surface area contributed by atoms with Gasteiger partial charge in [0.25, 0.3) is 0 Å². The SMILES string of the molecule is CCCOCC(N)C1(N2CCCC2)CCCC1. The third-order valence-corrected chi connectivity index (χ3v) is 4.54. The Morgan fingerprint density at radius 3 is 2.41 bits per heavy atom. The van der Waals surface area contributed by atoms with Crippen molar-refractivity contribution in [2.24, 2.45) is 5.73 Å². The molecule has 1 aliphatic carbocycles. The topological polar surface area (TPSA) is 38.5 Å². The van der Waals surface area contributed by atoms with Gasteiger partial charge in [-0.05, 0) is 45.2 Å². The second kappa shape index (κ2) is 6.17. The van der Waals surface area contributed by atoms with Crippen molar-refractivity contribution in [2.45, 2.75) is 63.5 Å². The molecule has 1 heterocycles. The van der Waals surface area contributed by atoms with Crippen LogP contribution in [0.15, 0.2) is 0 Å². The summed E-state index contributed by atoms with van der Waals surface area (Å²) in [6.45, 7) is 6.24. The molecule has 2 N–H and O–H groups in total. The summed E-state index contributed by atoms with van der Waals surface area (Å²) in [6, 6.07) is 0.203. The van der Waals surface area contributed by atoms with Crippen LogP contribution in [0, 0.1) is 0 Å². The lowest BCUT2D eigenvalue weighted by Gasteiger charge is -2.43. The number of nitrogens with two attached hydrogens (primary N) is 1. The van der Waals surface area contributed by atoms with Crippen LogP contribution >= 0.6 is 0 Å². The lowest BCUT2D eigenvalue weighted by Crippen LogP contribution is -2.59. The molecular weight excluding hydrogens is 212 g/mol. The van der Waals surface area contributed by atoms with Gasteiger partial charge in [0.1, 0.15) is 0 Å². The third kappa shape index (κ3) is 2.83. The second-order valence-corrected chi connectivity index (χ2v) is 5.69. The van der Waals surface area contributed by atoms with E-state index in [4.69, 9.17) is 10.5 Å². The molecule has 1 unspecified atom stereocenters. The summed E-state index contributed by atoms with van der Waals surface area (Å²) in [7, 11) is 0. The quantitative estimate of drug-likeness (QED) is 0.723. The van der Waals surface area contributed by atoms with Gasteiger partial charge >= 0.3 is 0 Å². The summed E-state index contributed by atoms with van der Waals surface area (Å²) in [6.07, 6.45) is 9.04. The molecule has 17 heavy (non-hydrogen) atoms. The largest absolute Gasteiger partial charge is 0.380 e. The minimum atomic E-state index is 0.203. The van der Waals surface area contributed by atoms with Crippen LogP contribution in [0.2, 0.25) is 0 Å². The van der Waals surface area contributed by atoms with Gasteiger partial charge < -0.3 is 10.5 Å². The van der Waals surface area contributed by atoms with Gasteiger partial charge in [-0.3, -0.25) is 4.90 Å². The van der Waals surface area contributed by atoms with Crippen molar-refractivity contribution >= 4 is 0 Å². The highest BCUT2D eigenvalue weighted by Crippen LogP contribution is 2.39. The van der Waals surface area contributed by atoms with Crippen molar-refractivity contribution in [2.75, 3.05) is 26.3 Å². The summed E-state index contributed by atoms with van der Waals surface area (Å²) >= 11 is 0. The molecule has 2 fully saturated rings. The Hall–Kier alpha value is -0.120. The molecule has 3 heteroatoms. The van der Waals surface area contributed by atoms with E-state index in [1.807, 2.05) is 0 Å². The first-order valence-corrected chi connectivity index (χ1v) is 7.38. The lowest BCUT2D eigenvalue weighted by molar-refractivity contribution is 0.0346. The highest BCUT2D eigenvalue weighted by Gasteiger charge is 2.45. The molecule has 0 bridgehead atoms. The maximum absolute atomic E-state index is 6.47. The predicted molar refractivity (Wildman–Crippen MR) is 71.1 cm³/mol. The fourth-order valence-corrected chi connectivity index (χ4v) is 3.58. The molecule has 0 radical (unpaired) electrons. The molecule has 2 aliphatic rings. The number of rotatable bonds is 6. The monoisotopic (exact) mass is 240 g/mol. The first kappa shape index (κ1) is 13.3. The summed E-state index contributed by atoms with van der Waals surface area (Å²) in [5, 5.41) is 0. The molecule has 0 spiro atoms. The van der Waals surface area contributed by atoms with Gasteiger partial charge in [0.15, 0.2) is 0 Å². The second-order valence-electron chi connectivity index (χ2n) is 5.69. The van der Waals surface area contributed by atoms with E-state index in [1.54, 1.807) is 0 Å². The molecule has 2 rings (SSSR count). The first-order chi connectivity index (χ1) is 8.29. The van der Waals surface area contributed by atoms with Crippen molar-refractivity contribution in [1.82, 2.24) is 4.90 Å². The zero-order valence-corrected chi connectivity index (χ0v) is 11.3. The van der Waals surface area contributed by atoms with Gasteiger partial charge in [0.2, 0.25) is 0 Å². The number of likely N-dealkylation sites (tertiary alicyclic amines) is 1. The Labute approximate surface area is 106 Å². The van der Waals surface area contributed by atoms with Crippen LogP contribution in [0.4, 0.5) is 0 Å². The molecule has 1 saturated carbocycles. The number of hydrogen-bond donors (Lipinski definition) is 1. The molecule has 1 atom stereocenters. The van der Waals surface area contributed by atoms with Gasteiger partial charge in [-0.25, -0.2) is 0 Å². The lowest BCUT2D eigenvalue weighted by atomic mass is 9.87. The van der Waals surface area contributed by atoms with Gasteiger partial charge in [0.05, 0.1) is 6.61 Å². The molecule has 0 aromatic carbocycles. The Balaban J connectivity index is 1.94. The van der Waals surface area contributed by atoms with Gasteiger partial charge in [-0.1, -0.05) is 19.8 Å². The van der Waals surface area contributed by atoms with Gasteiger partial charge in [-0.2, -0.15) is 0 Å². The summed E-state index contributed by atoms with van der Waals surface area (Å²) in [5.74, 6) is 0. The van der Waals surface area contributed by atoms with Gasteiger partial charge in [0, 0.05) is 18.2 Å². The Morgan fingerprint density at radius 2 is 1.82 bits per heavy atom. The maximum atomic E-state index is 6.47. The standard InChI is InChI=1S/C14H28N2O/c1-2-11-17-12-13(15)14(7-3-4-8-14)16-9-5-6-10-16/h13H,2-12,15H2,1H3. The predicted octanol–water partition coefficient (Wildman–Crippen LogP) is 2.15. The molecular formula is C14H28N2O. The van der Waals surface area contributed by atoms with E-state index in [0.29, 0.717) is 0 Å². The molecule has 1 aliphatic heterocycles. The van der Waals surface area contributed by atoms with E-state index in [1.165, 1.54) is 51.6 Å². The van der Waals surface area contributed by atoms with Crippen molar-refractivity contribution in [3.8, 4) is 0 Å². The summed E-state index contributed by atoms with van der Waals surface area (Å²) in [5.41, 5.74) is 6.74. The van der Waals surface area contributed by atoms with Gasteiger partial charge in [-0.15, -0.1) is 0 Å². The van der Waals surface area contributed by atoms with Crippen molar-refractivity contribution in [3.63, 3.8) is 0 Å². The Bertz CT molecular complexity index is 220. The van der Waals surface area contributed by atoms with Crippen LogP contribution in [0.25, 0.3) is 0 Å².